The SMILES string of the molecule is COc1cc(/C=N\NC(=O)c2ccoc2C)ccc1OCc1ccc([N+](=O)[O-])cc1. The third-order valence-corrected chi connectivity index (χ3v) is 4.21. The van der Waals surface area contributed by atoms with Crippen molar-refractivity contribution in [2.45, 2.75) is 13.5 Å². The van der Waals surface area contributed by atoms with Crippen LogP contribution in [-0.2, 0) is 6.61 Å². The van der Waals surface area contributed by atoms with Gasteiger partial charge >= 0.3 is 0 Å². The number of ether oxygens (including phenoxy) is 2. The van der Waals surface area contributed by atoms with Crippen LogP contribution in [0.25, 0.3) is 0 Å². The number of carbonyl (C=O) groups is 1. The second kappa shape index (κ2) is 9.37. The molecule has 154 valence electrons. The molecule has 2 aromatic carbocycles. The Morgan fingerprint density at radius 3 is 2.60 bits per heavy atom. The Kier molecular flexibility index (Phi) is 6.43. The summed E-state index contributed by atoms with van der Waals surface area (Å²) in [5.74, 6) is 1.13. The number of nitrogens with one attached hydrogen (secondary N) is 1. The van der Waals surface area contributed by atoms with Gasteiger partial charge in [0.1, 0.15) is 12.4 Å². The molecule has 3 rings (SSSR count). The van der Waals surface area contributed by atoms with Crippen LogP contribution in [-0.4, -0.2) is 24.2 Å². The first-order chi connectivity index (χ1) is 14.5. The van der Waals surface area contributed by atoms with Gasteiger partial charge in [0.05, 0.1) is 30.1 Å². The van der Waals surface area contributed by atoms with Gasteiger partial charge < -0.3 is 13.9 Å². The van der Waals surface area contributed by atoms with Crippen LogP contribution in [0.15, 0.2) is 64.3 Å². The van der Waals surface area contributed by atoms with Crippen LogP contribution >= 0.6 is 0 Å². The minimum absolute atomic E-state index is 0.0231. The fourth-order valence-electron chi connectivity index (χ4n) is 2.60. The Morgan fingerprint density at radius 1 is 1.20 bits per heavy atom. The number of carbonyl (C=O) groups excluding carboxylic acids is 1. The van der Waals surface area contributed by atoms with Crippen LogP contribution in [0.1, 0.15) is 27.2 Å². The predicted molar refractivity (Wildman–Crippen MR) is 109 cm³/mol. The van der Waals surface area contributed by atoms with Crippen molar-refractivity contribution in [3.8, 4) is 11.5 Å². The number of hydrazone groups is 1. The fraction of sp³-hybridized carbons (Fsp3) is 0.143. The zero-order valence-corrected chi connectivity index (χ0v) is 16.3. The molecular weight excluding hydrogens is 390 g/mol. The van der Waals surface area contributed by atoms with E-state index < -0.39 is 4.92 Å². The first-order valence-corrected chi connectivity index (χ1v) is 8.89. The van der Waals surface area contributed by atoms with Gasteiger partial charge in [-0.15, -0.1) is 0 Å². The molecule has 0 spiro atoms. The van der Waals surface area contributed by atoms with E-state index in [0.29, 0.717) is 28.4 Å². The van der Waals surface area contributed by atoms with Crippen molar-refractivity contribution in [1.82, 2.24) is 5.43 Å². The highest BCUT2D eigenvalue weighted by molar-refractivity contribution is 5.95. The number of furan rings is 1. The molecule has 0 atom stereocenters. The van der Waals surface area contributed by atoms with Gasteiger partial charge in [0.25, 0.3) is 11.6 Å². The first-order valence-electron chi connectivity index (χ1n) is 8.89. The average molecular weight is 409 g/mol. The molecule has 1 N–H and O–H groups in total. The van der Waals surface area contributed by atoms with Crippen molar-refractivity contribution >= 4 is 17.8 Å². The number of amides is 1. The Hall–Kier alpha value is -4.14. The number of hydrogen-bond donors (Lipinski definition) is 1. The third-order valence-electron chi connectivity index (χ3n) is 4.21. The number of benzene rings is 2. The summed E-state index contributed by atoms with van der Waals surface area (Å²) < 4.78 is 16.2. The second-order valence-corrected chi connectivity index (χ2v) is 6.21. The molecule has 0 saturated carbocycles. The van der Waals surface area contributed by atoms with Crippen molar-refractivity contribution in [2.24, 2.45) is 5.10 Å². The van der Waals surface area contributed by atoms with Crippen molar-refractivity contribution < 1.29 is 23.6 Å². The van der Waals surface area contributed by atoms with Gasteiger partial charge in [0.15, 0.2) is 11.5 Å². The molecule has 0 unspecified atom stereocenters. The summed E-state index contributed by atoms with van der Waals surface area (Å²) in [5.41, 5.74) is 4.35. The van der Waals surface area contributed by atoms with Gasteiger partial charge in [-0.2, -0.15) is 5.10 Å². The Morgan fingerprint density at radius 2 is 1.97 bits per heavy atom. The van der Waals surface area contributed by atoms with Gasteiger partial charge in [-0.1, -0.05) is 0 Å². The Bertz CT molecular complexity index is 1070. The standard InChI is InChI=1S/C21H19N3O6/c1-14-18(9-10-29-14)21(25)23-22-12-16-5-8-19(20(11-16)28-2)30-13-15-3-6-17(7-4-15)24(26)27/h3-12H,13H2,1-2H3,(H,23,25)/b22-12-. The zero-order chi connectivity index (χ0) is 21.5. The predicted octanol–water partition coefficient (Wildman–Crippen LogP) is 3.85. The van der Waals surface area contributed by atoms with Crippen LogP contribution in [0.4, 0.5) is 5.69 Å². The lowest BCUT2D eigenvalue weighted by molar-refractivity contribution is -0.384. The van der Waals surface area contributed by atoms with E-state index in [9.17, 15) is 14.9 Å². The smallest absolute Gasteiger partial charge is 0.274 e. The lowest BCUT2D eigenvalue weighted by atomic mass is 10.2. The number of aryl methyl sites for hydroxylation is 1. The maximum Gasteiger partial charge on any atom is 0.274 e. The molecule has 1 aromatic heterocycles. The molecule has 0 aliphatic rings. The molecule has 30 heavy (non-hydrogen) atoms. The van der Waals surface area contributed by atoms with Gasteiger partial charge in [-0.05, 0) is 54.4 Å². The lowest BCUT2D eigenvalue weighted by Gasteiger charge is -2.11. The first kappa shape index (κ1) is 20.6. The van der Waals surface area contributed by atoms with Crippen LogP contribution in [0.5, 0.6) is 11.5 Å². The van der Waals surface area contributed by atoms with Gasteiger partial charge in [0.2, 0.25) is 0 Å². The van der Waals surface area contributed by atoms with Gasteiger partial charge in [0, 0.05) is 12.1 Å². The lowest BCUT2D eigenvalue weighted by Crippen LogP contribution is -2.17. The van der Waals surface area contributed by atoms with Crippen molar-refractivity contribution in [3.63, 3.8) is 0 Å². The van der Waals surface area contributed by atoms with E-state index in [0.717, 1.165) is 5.56 Å². The minimum atomic E-state index is -0.452. The highest BCUT2D eigenvalue weighted by atomic mass is 16.6. The van der Waals surface area contributed by atoms with Gasteiger partial charge in [-0.25, -0.2) is 5.43 Å². The van der Waals surface area contributed by atoms with Crippen LogP contribution < -0.4 is 14.9 Å². The van der Waals surface area contributed by atoms with Crippen LogP contribution in [0, 0.1) is 17.0 Å². The number of methoxy groups -OCH3 is 1. The molecule has 3 aromatic rings. The largest absolute Gasteiger partial charge is 0.493 e. The number of non-ortho nitro benzene ring substituents is 1. The maximum absolute atomic E-state index is 12.0. The van der Waals surface area contributed by atoms with E-state index in [-0.39, 0.29) is 18.2 Å². The molecule has 1 amide bonds. The van der Waals surface area contributed by atoms with E-state index in [2.05, 4.69) is 10.5 Å². The summed E-state index contributed by atoms with van der Waals surface area (Å²) >= 11 is 0. The summed E-state index contributed by atoms with van der Waals surface area (Å²) in [6.45, 7) is 1.92. The third kappa shape index (κ3) is 5.02. The van der Waals surface area contributed by atoms with Crippen molar-refractivity contribution in [3.05, 3.63) is 87.4 Å². The summed E-state index contributed by atoms with van der Waals surface area (Å²) in [5, 5.41) is 14.7. The molecule has 9 heteroatoms. The van der Waals surface area contributed by atoms with Crippen molar-refractivity contribution in [2.75, 3.05) is 7.11 Å². The highest BCUT2D eigenvalue weighted by Gasteiger charge is 2.10. The summed E-state index contributed by atoms with van der Waals surface area (Å²) in [6, 6.07) is 12.9. The Labute approximate surface area is 172 Å². The van der Waals surface area contributed by atoms with E-state index in [1.165, 1.54) is 31.7 Å². The van der Waals surface area contributed by atoms with E-state index >= 15 is 0 Å². The molecule has 0 bridgehead atoms. The minimum Gasteiger partial charge on any atom is -0.493 e. The average Bonchev–Trinajstić information content (AvgIpc) is 3.18. The van der Waals surface area contributed by atoms with E-state index in [1.54, 1.807) is 43.3 Å². The second-order valence-electron chi connectivity index (χ2n) is 6.21. The summed E-state index contributed by atoms with van der Waals surface area (Å²) in [4.78, 5) is 22.3. The quantitative estimate of drug-likeness (QED) is 0.343. The summed E-state index contributed by atoms with van der Waals surface area (Å²) in [7, 11) is 1.51. The molecular formula is C21H19N3O6. The molecule has 0 radical (unpaired) electrons. The number of nitro groups is 1. The number of hydrogen-bond acceptors (Lipinski definition) is 7. The molecule has 0 aliphatic carbocycles. The summed E-state index contributed by atoms with van der Waals surface area (Å²) in [6.07, 6.45) is 2.92. The van der Waals surface area contributed by atoms with E-state index in [4.69, 9.17) is 13.9 Å². The molecule has 1 heterocycles. The molecule has 9 nitrogen and oxygen atoms in total. The van der Waals surface area contributed by atoms with Crippen molar-refractivity contribution in [1.29, 1.82) is 0 Å². The van der Waals surface area contributed by atoms with E-state index in [1.807, 2.05) is 0 Å². The molecule has 0 saturated heterocycles. The molecule has 0 aliphatic heterocycles. The normalized spacial score (nSPS) is 10.7. The number of nitrogens with zero attached hydrogens (tertiary/aromatic N) is 2. The van der Waals surface area contributed by atoms with Crippen LogP contribution in [0.2, 0.25) is 0 Å². The maximum atomic E-state index is 12.0. The zero-order valence-electron chi connectivity index (χ0n) is 16.3. The topological polar surface area (TPSA) is 116 Å². The van der Waals surface area contributed by atoms with Gasteiger partial charge in [-0.3, -0.25) is 14.9 Å². The Balaban J connectivity index is 1.62. The van der Waals surface area contributed by atoms with Crippen LogP contribution in [0.3, 0.4) is 0 Å². The molecule has 0 fully saturated rings. The monoisotopic (exact) mass is 409 g/mol. The number of nitro benzene ring substituents is 1. The highest BCUT2D eigenvalue weighted by Crippen LogP contribution is 2.28. The fourth-order valence-corrected chi connectivity index (χ4v) is 2.60. The number of rotatable bonds is 8.